The van der Waals surface area contributed by atoms with Crippen LogP contribution in [0.5, 0.6) is 0 Å². The first-order valence-electron chi connectivity index (χ1n) is 20.2. The average molecular weight is 1360 g/mol. The summed E-state index contributed by atoms with van der Waals surface area (Å²) >= 11 is 16.2. The van der Waals surface area contributed by atoms with Gasteiger partial charge >= 0.3 is 64.9 Å². The molecule has 2 aromatic carbocycles. The van der Waals surface area contributed by atoms with E-state index < -0.39 is 0 Å². The standard InChI is InChI=1S/C19H17ClN4.C19H18N4O.C6H9I.C5H7.3HI.V/c1-19(2,3)15-10-16-21-11-13-9-14(12-7-5-4-6-8-12)17(20)22-18(13)24(16)23-15;1-19(2,3)15-10-16-20-11-13-9-14(12-7-5-4-6-8-12)18(24)21-17(13)23(16)22-15;1-3-4-5-6(2)7;1-3-5-4-2;;;;/h4-11H,1-3H3;4-11H,1-3H3,(H,21,24);6H,5H2,1-2H3;1,3H2,2H3;3*1H;/q;;;-1;;;;+3/p-3. The Morgan fingerprint density at radius 3 is 1.67 bits per heavy atom. The van der Waals surface area contributed by atoms with Crippen molar-refractivity contribution in [2.75, 3.05) is 0 Å². The average Bonchev–Trinajstić information content (AvgIpc) is 3.91. The Balaban J connectivity index is 0.000000211. The molecule has 6 aromatic heterocycles. The fraction of sp³-hybridized carbons (Fsp3) is 0.286. The van der Waals surface area contributed by atoms with Crippen LogP contribution in [0.4, 0.5) is 0 Å². The number of hydrogen-bond acceptors (Lipinski definition) is 6. The SMILES string of the molecule is CC#CCC(C)I.CC(C)(C)c1cc2ncc3cc(-c4ccccc4)c(=O)[nH]c3n2n1.CC(C)(C)c1cc2ncc3cc(-c4ccccc4)c(Cl)nc3n2n1.[CH2-]CC#CC.[I][V]([I])[I]. The molecule has 15 heteroatoms. The van der Waals surface area contributed by atoms with Crippen molar-refractivity contribution < 1.29 is 4.92 Å². The van der Waals surface area contributed by atoms with E-state index in [0.717, 1.165) is 68.6 Å². The molecule has 0 saturated heterocycles. The molecular weight excluding hydrogens is 1310 g/mol. The van der Waals surface area contributed by atoms with Gasteiger partial charge in [0, 0.05) is 67.6 Å². The summed E-state index contributed by atoms with van der Waals surface area (Å²) in [6, 6.07) is 27.5. The number of aromatic nitrogens is 8. The molecule has 0 saturated carbocycles. The molecule has 0 amide bonds. The minimum atomic E-state index is -0.278. The number of pyridine rings is 2. The van der Waals surface area contributed by atoms with Gasteiger partial charge in [-0.05, 0) is 37.1 Å². The Morgan fingerprint density at radius 2 is 1.22 bits per heavy atom. The van der Waals surface area contributed by atoms with Crippen LogP contribution in [-0.2, 0) is 15.8 Å². The van der Waals surface area contributed by atoms with E-state index >= 15 is 0 Å². The van der Waals surface area contributed by atoms with E-state index in [-0.39, 0.29) is 21.3 Å². The van der Waals surface area contributed by atoms with Gasteiger partial charge in [0.05, 0.1) is 11.4 Å². The maximum absolute atomic E-state index is 12.6. The van der Waals surface area contributed by atoms with Crippen LogP contribution >= 0.6 is 94.1 Å². The van der Waals surface area contributed by atoms with Gasteiger partial charge in [-0.25, -0.2) is 15.0 Å². The van der Waals surface area contributed by atoms with Crippen LogP contribution in [0.3, 0.4) is 0 Å². The van der Waals surface area contributed by atoms with E-state index in [1.165, 1.54) is 0 Å². The second-order valence-corrected chi connectivity index (χ2v) is 54.0. The van der Waals surface area contributed by atoms with E-state index in [1.54, 1.807) is 15.2 Å². The van der Waals surface area contributed by atoms with Crippen molar-refractivity contribution >= 4 is 127 Å². The van der Waals surface area contributed by atoms with Gasteiger partial charge in [0.15, 0.2) is 16.9 Å². The van der Waals surface area contributed by atoms with E-state index in [2.05, 4.69) is 192 Å². The van der Waals surface area contributed by atoms with Gasteiger partial charge in [-0.2, -0.15) is 19.2 Å². The molecule has 8 rings (SSSR count). The van der Waals surface area contributed by atoms with Gasteiger partial charge in [0.25, 0.3) is 5.56 Å². The number of fused-ring (bicyclic) bond motifs is 6. The number of nitrogens with one attached hydrogen (secondary N) is 1. The molecule has 0 fully saturated rings. The molecule has 64 heavy (non-hydrogen) atoms. The van der Waals surface area contributed by atoms with Gasteiger partial charge in [-0.3, -0.25) is 4.79 Å². The second-order valence-electron chi connectivity index (χ2n) is 16.2. The van der Waals surface area contributed by atoms with Crippen molar-refractivity contribution in [3.63, 3.8) is 0 Å². The van der Waals surface area contributed by atoms with Gasteiger partial charge in [0.2, 0.25) is 0 Å². The van der Waals surface area contributed by atoms with Crippen molar-refractivity contribution in [3.8, 4) is 45.9 Å². The molecule has 1 unspecified atom stereocenters. The van der Waals surface area contributed by atoms with Gasteiger partial charge in [-0.1, -0.05) is 143 Å². The number of halogens is 5. The number of alkyl halides is 1. The van der Waals surface area contributed by atoms with Crippen LogP contribution in [0.25, 0.3) is 55.6 Å². The number of nitrogens with zero attached hydrogens (tertiary/aromatic N) is 7. The molecule has 0 aliphatic rings. The predicted octanol–water partition coefficient (Wildman–Crippen LogP) is 14.5. The summed E-state index contributed by atoms with van der Waals surface area (Å²) in [5.41, 5.74) is 8.01. The van der Waals surface area contributed by atoms with E-state index in [4.69, 9.17) is 11.6 Å². The Bertz CT molecular complexity index is 2970. The molecule has 1 N–H and O–H groups in total. The second kappa shape index (κ2) is 25.4. The molecule has 8 aromatic rings. The Morgan fingerprint density at radius 1 is 0.750 bits per heavy atom. The van der Waals surface area contributed by atoms with Gasteiger partial charge in [0.1, 0.15) is 10.8 Å². The fourth-order valence-corrected chi connectivity index (χ4v) is 6.31. The van der Waals surface area contributed by atoms with Crippen molar-refractivity contribution in [2.45, 2.75) is 89.9 Å². The summed E-state index contributed by atoms with van der Waals surface area (Å²) in [6.07, 6.45) is 5.36. The molecule has 1 atom stereocenters. The third-order valence-corrected chi connectivity index (χ3v) is 9.80. The number of aromatic amines is 1. The van der Waals surface area contributed by atoms with Crippen molar-refractivity contribution in [3.05, 3.63) is 131 Å². The quantitative estimate of drug-likeness (QED) is 0.0621. The third-order valence-electron chi connectivity index (χ3n) is 9.07. The van der Waals surface area contributed by atoms with Gasteiger partial charge in [-0.15, -0.1) is 30.1 Å². The zero-order chi connectivity index (χ0) is 47.2. The molecule has 6 heterocycles. The minimum absolute atomic E-state index is 0.0478. The summed E-state index contributed by atoms with van der Waals surface area (Å²) < 4.78 is 4.19. The Labute approximate surface area is 433 Å². The first-order chi connectivity index (χ1) is 30.3. The zero-order valence-electron chi connectivity index (χ0n) is 37.3. The Hall–Kier alpha value is -2.79. The van der Waals surface area contributed by atoms with E-state index in [1.807, 2.05) is 105 Å². The van der Waals surface area contributed by atoms with Crippen LogP contribution < -0.4 is 5.56 Å². The monoisotopic (exact) mass is 1360 g/mol. The number of hydrogen-bond donors (Lipinski definition) is 1. The third kappa shape index (κ3) is 15.7. The molecule has 0 radical (unpaired) electrons. The summed E-state index contributed by atoms with van der Waals surface area (Å²) in [4.78, 5) is 28.9. The van der Waals surface area contributed by atoms with Crippen molar-refractivity contribution in [1.82, 2.24) is 39.2 Å². The number of benzene rings is 2. The van der Waals surface area contributed by atoms with E-state index in [9.17, 15) is 4.79 Å². The molecule has 334 valence electrons. The summed E-state index contributed by atoms with van der Waals surface area (Å²) in [7, 11) is 0. The maximum atomic E-state index is 12.6. The first kappa shape index (κ1) is 53.8. The van der Waals surface area contributed by atoms with Crippen LogP contribution in [0.15, 0.2) is 102 Å². The molecule has 0 spiro atoms. The molecule has 0 aliphatic heterocycles. The number of H-pyrrole nitrogens is 1. The molecule has 9 nitrogen and oxygen atoms in total. The summed E-state index contributed by atoms with van der Waals surface area (Å²) in [6.45, 7) is 22.0. The topological polar surface area (TPSA) is 106 Å². The number of rotatable bonds is 3. The summed E-state index contributed by atoms with van der Waals surface area (Å²) in [5, 5.41) is 11.6. The van der Waals surface area contributed by atoms with Crippen molar-refractivity contribution in [1.29, 1.82) is 0 Å². The summed E-state index contributed by atoms with van der Waals surface area (Å²) in [5.74, 6) is 11.3. The van der Waals surface area contributed by atoms with Crippen LogP contribution in [0.2, 0.25) is 5.15 Å². The molecule has 0 aliphatic carbocycles. The normalized spacial score (nSPS) is 11.4. The van der Waals surface area contributed by atoms with E-state index in [0.29, 0.717) is 20.3 Å². The Kier molecular flexibility index (Phi) is 21.3. The molecular formula is C49H51ClI4N8OV-. The van der Waals surface area contributed by atoms with Crippen molar-refractivity contribution in [2.24, 2.45) is 0 Å². The van der Waals surface area contributed by atoms with Gasteiger partial charge < -0.3 is 11.9 Å². The predicted molar refractivity (Wildman–Crippen MR) is 300 cm³/mol. The molecule has 0 bridgehead atoms. The first-order valence-corrected chi connectivity index (χ1v) is 35.3. The zero-order valence-corrected chi connectivity index (χ0v) is 48.1. The fourth-order valence-electron chi connectivity index (χ4n) is 5.84. The van der Waals surface area contributed by atoms with Crippen LogP contribution in [0.1, 0.15) is 86.5 Å². The van der Waals surface area contributed by atoms with Crippen LogP contribution in [-0.4, -0.2) is 43.1 Å². The van der Waals surface area contributed by atoms with Crippen LogP contribution in [0, 0.1) is 30.6 Å².